The maximum Gasteiger partial charge on any atom is 0.416 e. The zero-order valence-electron chi connectivity index (χ0n) is 9.88. The molecule has 4 nitrogen and oxygen atoms in total. The van der Waals surface area contributed by atoms with Gasteiger partial charge in [-0.2, -0.15) is 13.2 Å². The van der Waals surface area contributed by atoms with Gasteiger partial charge in [-0.1, -0.05) is 11.6 Å². The number of alkyl halides is 3. The molecule has 2 aromatic rings. The van der Waals surface area contributed by atoms with Crippen LogP contribution in [0.3, 0.4) is 0 Å². The molecule has 0 radical (unpaired) electrons. The smallest absolute Gasteiger partial charge is 0.397 e. The Morgan fingerprint density at radius 2 is 2.00 bits per heavy atom. The van der Waals surface area contributed by atoms with E-state index in [0.29, 0.717) is 5.69 Å². The van der Waals surface area contributed by atoms with E-state index in [1.165, 1.54) is 12.3 Å². The fourth-order valence-corrected chi connectivity index (χ4v) is 1.75. The number of hydrogen-bond donors (Lipinski definition) is 3. The molecular formula is C12H9ClF3N3O. The maximum atomic E-state index is 12.5. The molecule has 8 heteroatoms. The third kappa shape index (κ3) is 3.05. The van der Waals surface area contributed by atoms with E-state index < -0.39 is 17.6 Å². The van der Waals surface area contributed by atoms with Crippen molar-refractivity contribution in [2.75, 3.05) is 11.1 Å². The summed E-state index contributed by atoms with van der Waals surface area (Å²) in [7, 11) is 0. The molecule has 0 saturated heterocycles. The third-order valence-corrected chi connectivity index (χ3v) is 2.81. The zero-order valence-corrected chi connectivity index (χ0v) is 10.6. The minimum Gasteiger partial charge on any atom is -0.397 e. The number of amides is 1. The molecule has 0 saturated carbocycles. The number of halogens is 4. The first-order valence-corrected chi connectivity index (χ1v) is 5.77. The van der Waals surface area contributed by atoms with Crippen LogP contribution < -0.4 is 11.1 Å². The van der Waals surface area contributed by atoms with Crippen molar-refractivity contribution in [2.45, 2.75) is 6.18 Å². The average Bonchev–Trinajstić information content (AvgIpc) is 2.77. The predicted octanol–water partition coefficient (Wildman–Crippen LogP) is 3.52. The second-order valence-corrected chi connectivity index (χ2v) is 4.40. The SMILES string of the molecule is Nc1c[nH]c(C(=O)Nc2ccc(C(F)(F)F)cc2Cl)c1. The van der Waals surface area contributed by atoms with Gasteiger partial charge in [-0.3, -0.25) is 4.79 Å². The summed E-state index contributed by atoms with van der Waals surface area (Å²) >= 11 is 5.72. The summed E-state index contributed by atoms with van der Waals surface area (Å²) < 4.78 is 37.4. The third-order valence-electron chi connectivity index (χ3n) is 2.49. The van der Waals surface area contributed by atoms with Crippen molar-refractivity contribution in [1.29, 1.82) is 0 Å². The summed E-state index contributed by atoms with van der Waals surface area (Å²) in [6.45, 7) is 0. The van der Waals surface area contributed by atoms with E-state index in [4.69, 9.17) is 17.3 Å². The van der Waals surface area contributed by atoms with Gasteiger partial charge in [0, 0.05) is 11.9 Å². The number of nitrogen functional groups attached to an aromatic ring is 1. The second-order valence-electron chi connectivity index (χ2n) is 3.99. The number of carbonyl (C=O) groups is 1. The number of carbonyl (C=O) groups excluding carboxylic acids is 1. The van der Waals surface area contributed by atoms with Crippen LogP contribution in [0, 0.1) is 0 Å². The van der Waals surface area contributed by atoms with E-state index in [1.807, 2.05) is 0 Å². The van der Waals surface area contributed by atoms with Gasteiger partial charge in [-0.15, -0.1) is 0 Å². The zero-order chi connectivity index (χ0) is 14.9. The molecule has 1 aromatic heterocycles. The van der Waals surface area contributed by atoms with Crippen molar-refractivity contribution in [3.8, 4) is 0 Å². The van der Waals surface area contributed by atoms with Crippen LogP contribution in [0.4, 0.5) is 24.5 Å². The summed E-state index contributed by atoms with van der Waals surface area (Å²) in [5.41, 5.74) is 5.19. The van der Waals surface area contributed by atoms with Gasteiger partial charge in [0.15, 0.2) is 0 Å². The Hall–Kier alpha value is -2.15. The molecule has 0 atom stereocenters. The van der Waals surface area contributed by atoms with Crippen molar-refractivity contribution >= 4 is 28.9 Å². The number of anilines is 2. The minimum absolute atomic E-state index is 0.0813. The van der Waals surface area contributed by atoms with Crippen LogP contribution in [0.15, 0.2) is 30.5 Å². The number of H-pyrrole nitrogens is 1. The van der Waals surface area contributed by atoms with Crippen molar-refractivity contribution < 1.29 is 18.0 Å². The van der Waals surface area contributed by atoms with E-state index in [0.717, 1.165) is 18.2 Å². The van der Waals surface area contributed by atoms with Gasteiger partial charge in [0.2, 0.25) is 0 Å². The molecular weight excluding hydrogens is 295 g/mol. The molecule has 20 heavy (non-hydrogen) atoms. The highest BCUT2D eigenvalue weighted by molar-refractivity contribution is 6.34. The van der Waals surface area contributed by atoms with Crippen LogP contribution >= 0.6 is 11.6 Å². The van der Waals surface area contributed by atoms with Crippen LogP contribution in [0.5, 0.6) is 0 Å². The van der Waals surface area contributed by atoms with Crippen molar-refractivity contribution in [2.24, 2.45) is 0 Å². The first-order chi connectivity index (χ1) is 9.27. The highest BCUT2D eigenvalue weighted by Crippen LogP contribution is 2.33. The molecule has 0 unspecified atom stereocenters. The lowest BCUT2D eigenvalue weighted by Gasteiger charge is -2.10. The number of aromatic nitrogens is 1. The van der Waals surface area contributed by atoms with Crippen molar-refractivity contribution in [3.63, 3.8) is 0 Å². The van der Waals surface area contributed by atoms with Crippen molar-refractivity contribution in [3.05, 3.63) is 46.7 Å². The fraction of sp³-hybridized carbons (Fsp3) is 0.0833. The largest absolute Gasteiger partial charge is 0.416 e. The Morgan fingerprint density at radius 3 is 2.50 bits per heavy atom. The molecule has 106 valence electrons. The van der Waals surface area contributed by atoms with Crippen LogP contribution in [0.2, 0.25) is 5.02 Å². The molecule has 0 aliphatic heterocycles. The maximum absolute atomic E-state index is 12.5. The lowest BCUT2D eigenvalue weighted by atomic mass is 10.2. The molecule has 4 N–H and O–H groups in total. The Bertz CT molecular complexity index is 652. The van der Waals surface area contributed by atoms with E-state index in [9.17, 15) is 18.0 Å². The van der Waals surface area contributed by atoms with Gasteiger partial charge in [-0.25, -0.2) is 0 Å². The molecule has 1 heterocycles. The minimum atomic E-state index is -4.49. The summed E-state index contributed by atoms with van der Waals surface area (Å²) in [5, 5.41) is 2.19. The number of rotatable bonds is 2. The summed E-state index contributed by atoms with van der Waals surface area (Å²) in [5.74, 6) is -0.552. The first kappa shape index (κ1) is 14.3. The monoisotopic (exact) mass is 303 g/mol. The molecule has 1 amide bonds. The van der Waals surface area contributed by atoms with Gasteiger partial charge in [-0.05, 0) is 24.3 Å². The number of aromatic amines is 1. The molecule has 0 fully saturated rings. The highest BCUT2D eigenvalue weighted by atomic mass is 35.5. The highest BCUT2D eigenvalue weighted by Gasteiger charge is 2.31. The fourth-order valence-electron chi connectivity index (χ4n) is 1.52. The molecule has 2 rings (SSSR count). The van der Waals surface area contributed by atoms with Crippen LogP contribution in [-0.2, 0) is 6.18 Å². The summed E-state index contributed by atoms with van der Waals surface area (Å²) in [4.78, 5) is 14.4. The van der Waals surface area contributed by atoms with Crippen molar-refractivity contribution in [1.82, 2.24) is 4.98 Å². The van der Waals surface area contributed by atoms with E-state index in [-0.39, 0.29) is 16.4 Å². The first-order valence-electron chi connectivity index (χ1n) is 5.39. The van der Waals surface area contributed by atoms with Crippen LogP contribution in [-0.4, -0.2) is 10.9 Å². The predicted molar refractivity (Wildman–Crippen MR) is 69.6 cm³/mol. The molecule has 0 spiro atoms. The standard InChI is InChI=1S/C12H9ClF3N3O/c13-8-3-6(12(14,15)16)1-2-9(8)19-11(20)10-4-7(17)5-18-10/h1-5,18H,17H2,(H,19,20). The lowest BCUT2D eigenvalue weighted by Crippen LogP contribution is -2.13. The Balaban J connectivity index is 2.20. The Labute approximate surface area is 116 Å². The number of nitrogens with two attached hydrogens (primary N) is 1. The topological polar surface area (TPSA) is 70.9 Å². The van der Waals surface area contributed by atoms with Crippen LogP contribution in [0.25, 0.3) is 0 Å². The second kappa shape index (κ2) is 5.09. The van der Waals surface area contributed by atoms with E-state index in [1.54, 1.807) is 0 Å². The van der Waals surface area contributed by atoms with Gasteiger partial charge in [0.05, 0.1) is 16.3 Å². The van der Waals surface area contributed by atoms with E-state index in [2.05, 4.69) is 10.3 Å². The summed E-state index contributed by atoms with van der Waals surface area (Å²) in [6.07, 6.45) is -3.07. The van der Waals surface area contributed by atoms with E-state index >= 15 is 0 Å². The van der Waals surface area contributed by atoms with Crippen LogP contribution in [0.1, 0.15) is 16.1 Å². The Morgan fingerprint density at radius 1 is 1.30 bits per heavy atom. The lowest BCUT2D eigenvalue weighted by molar-refractivity contribution is -0.137. The molecule has 0 aliphatic carbocycles. The number of benzene rings is 1. The molecule has 1 aromatic carbocycles. The van der Waals surface area contributed by atoms with Gasteiger partial charge in [0.25, 0.3) is 5.91 Å². The summed E-state index contributed by atoms with van der Waals surface area (Å²) in [6, 6.07) is 4.08. The normalized spacial score (nSPS) is 11.4. The van der Waals surface area contributed by atoms with Gasteiger partial charge >= 0.3 is 6.18 Å². The number of nitrogens with one attached hydrogen (secondary N) is 2. The number of hydrogen-bond acceptors (Lipinski definition) is 2. The van der Waals surface area contributed by atoms with Gasteiger partial charge in [0.1, 0.15) is 5.69 Å². The molecule has 0 bridgehead atoms. The molecule has 0 aliphatic rings. The quantitative estimate of drug-likeness (QED) is 0.794. The Kier molecular flexibility index (Phi) is 3.63. The average molecular weight is 304 g/mol. The van der Waals surface area contributed by atoms with Gasteiger partial charge < -0.3 is 16.0 Å².